The Morgan fingerprint density at radius 3 is 2.48 bits per heavy atom. The van der Waals surface area contributed by atoms with Crippen LogP contribution in [-0.4, -0.2) is 46.8 Å². The van der Waals surface area contributed by atoms with Crippen LogP contribution in [-0.2, 0) is 17.8 Å². The minimum absolute atomic E-state index is 0.00627. The average molecular weight is 415 g/mol. The van der Waals surface area contributed by atoms with E-state index in [1.54, 1.807) is 17.0 Å². The van der Waals surface area contributed by atoms with Gasteiger partial charge in [-0.25, -0.2) is 0 Å². The second-order valence-corrected chi connectivity index (χ2v) is 8.18. The number of benzene rings is 2. The number of nitrogens with one attached hydrogen (secondary N) is 1. The average Bonchev–Trinajstić information content (AvgIpc) is 3.50. The highest BCUT2D eigenvalue weighted by Gasteiger charge is 2.39. The summed E-state index contributed by atoms with van der Waals surface area (Å²) < 4.78 is 5.35. The first-order valence-electron chi connectivity index (χ1n) is 10.7. The quantitative estimate of drug-likeness (QED) is 0.708. The zero-order valence-corrected chi connectivity index (χ0v) is 17.2. The first-order chi connectivity index (χ1) is 15.2. The van der Waals surface area contributed by atoms with Crippen molar-refractivity contribution in [1.82, 2.24) is 9.80 Å². The fourth-order valence-electron chi connectivity index (χ4n) is 4.56. The van der Waals surface area contributed by atoms with Crippen LogP contribution in [0.15, 0.2) is 77.4 Å². The van der Waals surface area contributed by atoms with E-state index in [1.807, 2.05) is 59.5 Å². The summed E-state index contributed by atoms with van der Waals surface area (Å²) in [7, 11) is 0. The molecule has 2 aliphatic heterocycles. The van der Waals surface area contributed by atoms with Gasteiger partial charge >= 0.3 is 0 Å². The molecule has 2 aromatic carbocycles. The largest absolute Gasteiger partial charge is 0.459 e. The molecule has 6 heteroatoms. The summed E-state index contributed by atoms with van der Waals surface area (Å²) in [6.07, 6.45) is 2.90. The van der Waals surface area contributed by atoms with Crippen molar-refractivity contribution in [3.63, 3.8) is 0 Å². The Morgan fingerprint density at radius 2 is 1.71 bits per heavy atom. The van der Waals surface area contributed by atoms with E-state index >= 15 is 0 Å². The van der Waals surface area contributed by atoms with Gasteiger partial charge in [0.1, 0.15) is 6.04 Å². The lowest BCUT2D eigenvalue weighted by molar-refractivity contribution is -0.135. The van der Waals surface area contributed by atoms with Crippen molar-refractivity contribution in [2.24, 2.45) is 0 Å². The molecule has 2 aliphatic rings. The SMILES string of the molecule is O=C(C1Cc2ccccc2CN1C(=O)c1ccco1)N1CCC(Nc2ccccc2)C1. The zero-order chi connectivity index (χ0) is 21.2. The monoisotopic (exact) mass is 415 g/mol. The number of amides is 2. The fraction of sp³-hybridized carbons (Fsp3) is 0.280. The maximum Gasteiger partial charge on any atom is 0.290 e. The molecule has 0 spiro atoms. The third-order valence-corrected chi connectivity index (χ3v) is 6.17. The van der Waals surface area contributed by atoms with Gasteiger partial charge < -0.3 is 19.5 Å². The molecule has 2 atom stereocenters. The molecular weight excluding hydrogens is 390 g/mol. The van der Waals surface area contributed by atoms with Gasteiger partial charge in [-0.05, 0) is 41.8 Å². The van der Waals surface area contributed by atoms with Crippen LogP contribution in [0.3, 0.4) is 0 Å². The molecule has 1 aromatic heterocycles. The molecule has 2 unspecified atom stereocenters. The van der Waals surface area contributed by atoms with Gasteiger partial charge in [0.25, 0.3) is 5.91 Å². The predicted molar refractivity (Wildman–Crippen MR) is 118 cm³/mol. The molecule has 6 nitrogen and oxygen atoms in total. The summed E-state index contributed by atoms with van der Waals surface area (Å²) in [5.41, 5.74) is 3.27. The van der Waals surface area contributed by atoms with Crippen molar-refractivity contribution < 1.29 is 14.0 Å². The number of anilines is 1. The maximum absolute atomic E-state index is 13.6. The molecular formula is C25H25N3O3. The molecule has 31 heavy (non-hydrogen) atoms. The predicted octanol–water partition coefficient (Wildman–Crippen LogP) is 3.56. The summed E-state index contributed by atoms with van der Waals surface area (Å²) in [5.74, 6) is 0.0324. The molecule has 1 N–H and O–H groups in total. The smallest absolute Gasteiger partial charge is 0.290 e. The van der Waals surface area contributed by atoms with Crippen molar-refractivity contribution in [1.29, 1.82) is 0 Å². The summed E-state index contributed by atoms with van der Waals surface area (Å²) in [4.78, 5) is 30.3. The standard InChI is InChI=1S/C25H25N3O3/c29-24(27-13-12-21(17-27)26-20-9-2-1-3-10-20)22-15-18-7-4-5-8-19(18)16-28(22)25(30)23-11-6-14-31-23/h1-11,14,21-22,26H,12-13,15-17H2. The molecule has 2 amide bonds. The Hall–Kier alpha value is -3.54. The number of rotatable bonds is 4. The van der Waals surface area contributed by atoms with Crippen molar-refractivity contribution in [3.05, 3.63) is 89.9 Å². The number of furan rings is 1. The number of hydrogen-bond acceptors (Lipinski definition) is 4. The third kappa shape index (κ3) is 3.93. The summed E-state index contributed by atoms with van der Waals surface area (Å²) in [6, 6.07) is 21.1. The second kappa shape index (κ2) is 8.30. The number of hydrogen-bond donors (Lipinski definition) is 1. The summed E-state index contributed by atoms with van der Waals surface area (Å²) >= 11 is 0. The molecule has 3 aromatic rings. The van der Waals surface area contributed by atoms with Crippen LogP contribution in [0, 0.1) is 0 Å². The number of likely N-dealkylation sites (tertiary alicyclic amines) is 1. The van der Waals surface area contributed by atoms with Gasteiger partial charge in [0.2, 0.25) is 5.91 Å². The molecule has 3 heterocycles. The van der Waals surface area contributed by atoms with Gasteiger partial charge in [-0.1, -0.05) is 42.5 Å². The second-order valence-electron chi connectivity index (χ2n) is 8.18. The number of carbonyl (C=O) groups is 2. The highest BCUT2D eigenvalue weighted by atomic mass is 16.3. The minimum atomic E-state index is -0.525. The Balaban J connectivity index is 1.35. The Morgan fingerprint density at radius 1 is 0.935 bits per heavy atom. The van der Waals surface area contributed by atoms with Crippen molar-refractivity contribution in [2.45, 2.75) is 31.5 Å². The number of nitrogens with zero attached hydrogens (tertiary/aromatic N) is 2. The lowest BCUT2D eigenvalue weighted by Crippen LogP contribution is -2.53. The number of fused-ring (bicyclic) bond motifs is 1. The Bertz CT molecular complexity index is 1060. The topological polar surface area (TPSA) is 65.8 Å². The van der Waals surface area contributed by atoms with Crippen molar-refractivity contribution in [2.75, 3.05) is 18.4 Å². The van der Waals surface area contributed by atoms with Gasteiger partial charge in [-0.15, -0.1) is 0 Å². The summed E-state index contributed by atoms with van der Waals surface area (Å²) in [6.45, 7) is 1.73. The van der Waals surface area contributed by atoms with Crippen LogP contribution in [0.2, 0.25) is 0 Å². The van der Waals surface area contributed by atoms with Gasteiger partial charge in [0, 0.05) is 37.8 Å². The Labute approximate surface area is 181 Å². The zero-order valence-electron chi connectivity index (χ0n) is 17.2. The van der Waals surface area contributed by atoms with Crippen LogP contribution >= 0.6 is 0 Å². The van der Waals surface area contributed by atoms with Crippen LogP contribution in [0.1, 0.15) is 28.1 Å². The molecule has 0 bridgehead atoms. The highest BCUT2D eigenvalue weighted by molar-refractivity contribution is 5.96. The van der Waals surface area contributed by atoms with E-state index in [1.165, 1.54) is 6.26 Å². The van der Waals surface area contributed by atoms with Crippen LogP contribution < -0.4 is 5.32 Å². The lowest BCUT2D eigenvalue weighted by atomic mass is 9.93. The molecule has 1 saturated heterocycles. The van der Waals surface area contributed by atoms with E-state index in [2.05, 4.69) is 5.32 Å². The number of carbonyl (C=O) groups excluding carboxylic acids is 2. The van der Waals surface area contributed by atoms with Gasteiger partial charge in [0.05, 0.1) is 6.26 Å². The maximum atomic E-state index is 13.6. The normalized spacial score (nSPS) is 20.4. The molecule has 0 radical (unpaired) electrons. The van der Waals surface area contributed by atoms with E-state index in [0.717, 1.165) is 23.2 Å². The van der Waals surface area contributed by atoms with E-state index in [0.29, 0.717) is 26.1 Å². The van der Waals surface area contributed by atoms with E-state index in [4.69, 9.17) is 4.42 Å². The van der Waals surface area contributed by atoms with Gasteiger partial charge in [-0.3, -0.25) is 9.59 Å². The van der Waals surface area contributed by atoms with Gasteiger partial charge in [0.15, 0.2) is 5.76 Å². The number of para-hydroxylation sites is 1. The van der Waals surface area contributed by atoms with Gasteiger partial charge in [-0.2, -0.15) is 0 Å². The van der Waals surface area contributed by atoms with Crippen LogP contribution in [0.5, 0.6) is 0 Å². The highest BCUT2D eigenvalue weighted by Crippen LogP contribution is 2.27. The molecule has 0 saturated carbocycles. The fourth-order valence-corrected chi connectivity index (χ4v) is 4.56. The van der Waals surface area contributed by atoms with Crippen molar-refractivity contribution >= 4 is 17.5 Å². The van der Waals surface area contributed by atoms with Crippen LogP contribution in [0.25, 0.3) is 0 Å². The Kier molecular flexibility index (Phi) is 5.20. The van der Waals surface area contributed by atoms with E-state index in [9.17, 15) is 9.59 Å². The first kappa shape index (κ1) is 19.4. The molecule has 5 rings (SSSR count). The van der Waals surface area contributed by atoms with Crippen molar-refractivity contribution in [3.8, 4) is 0 Å². The lowest BCUT2D eigenvalue weighted by Gasteiger charge is -2.37. The van der Waals surface area contributed by atoms with E-state index < -0.39 is 6.04 Å². The first-order valence-corrected chi connectivity index (χ1v) is 10.7. The summed E-state index contributed by atoms with van der Waals surface area (Å²) in [5, 5.41) is 3.51. The molecule has 1 fully saturated rings. The molecule has 158 valence electrons. The van der Waals surface area contributed by atoms with E-state index in [-0.39, 0.29) is 23.6 Å². The molecule has 0 aliphatic carbocycles. The van der Waals surface area contributed by atoms with Crippen LogP contribution in [0.4, 0.5) is 5.69 Å². The minimum Gasteiger partial charge on any atom is -0.459 e. The third-order valence-electron chi connectivity index (χ3n) is 6.17.